The van der Waals surface area contributed by atoms with E-state index in [0.717, 1.165) is 6.07 Å². The van der Waals surface area contributed by atoms with E-state index in [9.17, 15) is 13.6 Å². The SMILES string of the molecule is CC(C)(C)OC(=O)N1CC[C@H](COc2ccc(Cl)cn2)[C@@H](c2ccc(F)c(F)c2)C1. The number of piperidine rings is 1. The summed E-state index contributed by atoms with van der Waals surface area (Å²) < 4.78 is 38.6. The minimum Gasteiger partial charge on any atom is -0.477 e. The first-order chi connectivity index (χ1) is 14.1. The second-order valence-electron chi connectivity index (χ2n) is 8.38. The molecule has 30 heavy (non-hydrogen) atoms. The summed E-state index contributed by atoms with van der Waals surface area (Å²) >= 11 is 5.85. The molecule has 8 heteroatoms. The van der Waals surface area contributed by atoms with E-state index in [0.29, 0.717) is 42.6 Å². The topological polar surface area (TPSA) is 51.7 Å². The maximum absolute atomic E-state index is 13.9. The van der Waals surface area contributed by atoms with Crippen molar-refractivity contribution in [3.63, 3.8) is 0 Å². The summed E-state index contributed by atoms with van der Waals surface area (Å²) in [6, 6.07) is 7.20. The molecule has 162 valence electrons. The van der Waals surface area contributed by atoms with Crippen molar-refractivity contribution in [1.29, 1.82) is 0 Å². The van der Waals surface area contributed by atoms with Gasteiger partial charge in [0.05, 0.1) is 11.6 Å². The minimum absolute atomic E-state index is 0.0222. The highest BCUT2D eigenvalue weighted by Crippen LogP contribution is 2.34. The second-order valence-corrected chi connectivity index (χ2v) is 8.82. The van der Waals surface area contributed by atoms with Crippen molar-refractivity contribution in [3.8, 4) is 5.88 Å². The Kier molecular flexibility index (Phi) is 6.81. The van der Waals surface area contributed by atoms with E-state index in [4.69, 9.17) is 21.1 Å². The van der Waals surface area contributed by atoms with E-state index in [-0.39, 0.29) is 11.8 Å². The fraction of sp³-hybridized carbons (Fsp3) is 0.455. The summed E-state index contributed by atoms with van der Waals surface area (Å²) in [6.07, 6.45) is 1.69. The van der Waals surface area contributed by atoms with Crippen LogP contribution in [0.15, 0.2) is 36.5 Å². The summed E-state index contributed by atoms with van der Waals surface area (Å²) in [7, 11) is 0. The van der Waals surface area contributed by atoms with Gasteiger partial charge in [-0.1, -0.05) is 17.7 Å². The molecule has 2 heterocycles. The number of benzene rings is 1. The summed E-state index contributed by atoms with van der Waals surface area (Å²) in [5.41, 5.74) is -0.00535. The van der Waals surface area contributed by atoms with Crippen molar-refractivity contribution in [2.24, 2.45) is 5.92 Å². The Morgan fingerprint density at radius 3 is 2.63 bits per heavy atom. The maximum Gasteiger partial charge on any atom is 0.410 e. The maximum atomic E-state index is 13.9. The summed E-state index contributed by atoms with van der Waals surface area (Å²) in [5.74, 6) is -1.66. The molecule has 1 amide bonds. The van der Waals surface area contributed by atoms with Crippen molar-refractivity contribution < 1.29 is 23.0 Å². The van der Waals surface area contributed by atoms with Gasteiger partial charge >= 0.3 is 6.09 Å². The molecule has 0 N–H and O–H groups in total. The Labute approximate surface area is 179 Å². The van der Waals surface area contributed by atoms with Gasteiger partial charge in [0.2, 0.25) is 5.88 Å². The summed E-state index contributed by atoms with van der Waals surface area (Å²) in [5, 5.41) is 0.507. The lowest BCUT2D eigenvalue weighted by Crippen LogP contribution is -2.46. The Balaban J connectivity index is 1.77. The number of carbonyl (C=O) groups excluding carboxylic acids is 1. The van der Waals surface area contributed by atoms with Gasteiger partial charge in [0.25, 0.3) is 0 Å². The average Bonchev–Trinajstić information content (AvgIpc) is 2.68. The average molecular weight is 439 g/mol. The second kappa shape index (κ2) is 9.16. The van der Waals surface area contributed by atoms with Crippen molar-refractivity contribution in [1.82, 2.24) is 9.88 Å². The molecule has 1 aromatic heterocycles. The molecular weight excluding hydrogens is 414 g/mol. The molecule has 0 radical (unpaired) electrons. The monoisotopic (exact) mass is 438 g/mol. The molecule has 1 aromatic carbocycles. The first kappa shape index (κ1) is 22.3. The molecule has 0 unspecified atom stereocenters. The van der Waals surface area contributed by atoms with E-state index in [1.165, 1.54) is 12.3 Å². The zero-order chi connectivity index (χ0) is 21.9. The molecule has 2 aromatic rings. The van der Waals surface area contributed by atoms with Crippen molar-refractivity contribution >= 4 is 17.7 Å². The fourth-order valence-electron chi connectivity index (χ4n) is 3.45. The van der Waals surface area contributed by atoms with Gasteiger partial charge in [0.15, 0.2) is 11.6 Å². The third-order valence-corrected chi connectivity index (χ3v) is 5.15. The van der Waals surface area contributed by atoms with Crippen LogP contribution in [0.3, 0.4) is 0 Å². The van der Waals surface area contributed by atoms with Crippen LogP contribution in [-0.2, 0) is 4.74 Å². The van der Waals surface area contributed by atoms with E-state index < -0.39 is 23.3 Å². The Bertz CT molecular complexity index is 887. The van der Waals surface area contributed by atoms with Gasteiger partial charge in [0.1, 0.15) is 5.60 Å². The van der Waals surface area contributed by atoms with Crippen LogP contribution in [-0.4, -0.2) is 41.3 Å². The Morgan fingerprint density at radius 1 is 1.23 bits per heavy atom. The van der Waals surface area contributed by atoms with Gasteiger partial charge in [0, 0.05) is 37.2 Å². The van der Waals surface area contributed by atoms with Gasteiger partial charge in [-0.05, 0) is 51.0 Å². The number of nitrogens with zero attached hydrogens (tertiary/aromatic N) is 2. The van der Waals surface area contributed by atoms with Gasteiger partial charge in [-0.2, -0.15) is 0 Å². The first-order valence-electron chi connectivity index (χ1n) is 9.79. The third kappa shape index (κ3) is 5.81. The van der Waals surface area contributed by atoms with Crippen LogP contribution in [0.2, 0.25) is 5.02 Å². The molecule has 1 aliphatic rings. The molecule has 0 spiro atoms. The Morgan fingerprint density at radius 2 is 2.00 bits per heavy atom. The predicted molar refractivity (Wildman–Crippen MR) is 110 cm³/mol. The van der Waals surface area contributed by atoms with Crippen LogP contribution < -0.4 is 4.74 Å². The van der Waals surface area contributed by atoms with Crippen LogP contribution >= 0.6 is 11.6 Å². The largest absolute Gasteiger partial charge is 0.477 e. The van der Waals surface area contributed by atoms with Crippen molar-refractivity contribution in [3.05, 3.63) is 58.7 Å². The molecule has 0 aliphatic carbocycles. The molecule has 2 atom stereocenters. The molecular formula is C22H25ClF2N2O3. The van der Waals surface area contributed by atoms with Crippen LogP contribution in [0.4, 0.5) is 13.6 Å². The van der Waals surface area contributed by atoms with E-state index >= 15 is 0 Å². The van der Waals surface area contributed by atoms with E-state index in [1.54, 1.807) is 43.9 Å². The number of amides is 1. The number of likely N-dealkylation sites (tertiary alicyclic amines) is 1. The number of carbonyl (C=O) groups is 1. The number of aromatic nitrogens is 1. The normalized spacial score (nSPS) is 19.5. The van der Waals surface area contributed by atoms with Gasteiger partial charge in [-0.25, -0.2) is 18.6 Å². The highest BCUT2D eigenvalue weighted by molar-refractivity contribution is 6.30. The quantitative estimate of drug-likeness (QED) is 0.638. The fourth-order valence-corrected chi connectivity index (χ4v) is 3.56. The van der Waals surface area contributed by atoms with E-state index in [1.807, 2.05) is 0 Å². The smallest absolute Gasteiger partial charge is 0.410 e. The van der Waals surface area contributed by atoms with Gasteiger partial charge in [-0.15, -0.1) is 0 Å². The van der Waals surface area contributed by atoms with Crippen LogP contribution in [0.5, 0.6) is 5.88 Å². The highest BCUT2D eigenvalue weighted by Gasteiger charge is 2.35. The van der Waals surface area contributed by atoms with Gasteiger partial charge < -0.3 is 14.4 Å². The number of hydrogen-bond acceptors (Lipinski definition) is 4. The third-order valence-electron chi connectivity index (χ3n) is 4.92. The summed E-state index contributed by atoms with van der Waals surface area (Å²) in [4.78, 5) is 18.3. The van der Waals surface area contributed by atoms with E-state index in [2.05, 4.69) is 4.98 Å². The van der Waals surface area contributed by atoms with Crippen LogP contribution in [0, 0.1) is 17.6 Å². The molecule has 1 saturated heterocycles. The van der Waals surface area contributed by atoms with Crippen LogP contribution in [0.25, 0.3) is 0 Å². The molecule has 0 bridgehead atoms. The first-order valence-corrected chi connectivity index (χ1v) is 10.2. The molecule has 3 rings (SSSR count). The molecule has 5 nitrogen and oxygen atoms in total. The number of ether oxygens (including phenoxy) is 2. The lowest BCUT2D eigenvalue weighted by Gasteiger charge is -2.39. The number of rotatable bonds is 4. The highest BCUT2D eigenvalue weighted by atomic mass is 35.5. The van der Waals surface area contributed by atoms with Crippen molar-refractivity contribution in [2.45, 2.75) is 38.7 Å². The van der Waals surface area contributed by atoms with Crippen LogP contribution in [0.1, 0.15) is 38.7 Å². The van der Waals surface area contributed by atoms with Gasteiger partial charge in [-0.3, -0.25) is 0 Å². The van der Waals surface area contributed by atoms with Crippen molar-refractivity contribution in [2.75, 3.05) is 19.7 Å². The zero-order valence-corrected chi connectivity index (χ0v) is 18.0. The number of pyridine rings is 1. The molecule has 0 saturated carbocycles. The molecule has 1 fully saturated rings. The lowest BCUT2D eigenvalue weighted by molar-refractivity contribution is 0.0129. The zero-order valence-electron chi connectivity index (χ0n) is 17.2. The minimum atomic E-state index is -0.916. The lowest BCUT2D eigenvalue weighted by atomic mass is 9.81. The molecule has 1 aliphatic heterocycles. The standard InChI is InChI=1S/C22H25ClF2N2O3/c1-22(2,3)30-21(28)27-9-8-15(13-29-20-7-5-16(23)11-26-20)17(12-27)14-4-6-18(24)19(25)10-14/h4-7,10-11,15,17H,8-9,12-13H2,1-3H3/t15-,17-/m1/s1. The predicted octanol–water partition coefficient (Wildman–Crippen LogP) is 5.43. The Hall–Kier alpha value is -2.41. The number of hydrogen-bond donors (Lipinski definition) is 0. The number of halogens is 3. The summed E-state index contributed by atoms with van der Waals surface area (Å²) in [6.45, 7) is 6.53.